The number of para-hydroxylation sites is 1. The quantitative estimate of drug-likeness (QED) is 0.136. The zero-order valence-corrected chi connectivity index (χ0v) is 37.5. The van der Waals surface area contributed by atoms with E-state index in [-0.39, 0.29) is 11.3 Å². The second-order valence-electron chi connectivity index (χ2n) is 18.8. The van der Waals surface area contributed by atoms with Gasteiger partial charge < -0.3 is 4.57 Å². The standard InChI is InChI=1S/C65H51N/c1-65(2)59-23-11-9-22-56(59)64-60(65)24-14-26-63(64)66-61-25-12-10-21-55(61)58-43-54(39-40-62(58)66)53-20-13-19-52(42-53)49-33-37-51(38-34-49)57(50-35-31-48(32-36-50)46-17-7-4-8-18-46)41-44-27-29-47(30-28-44)45-15-5-3-6-16-45/h3-27,29-40,42-44,57H,28,41H2,1-2H3. The molecule has 0 bridgehead atoms. The molecule has 10 aromatic rings. The number of nitrogens with zero attached hydrogens (tertiary/aromatic N) is 1. The molecule has 9 aromatic carbocycles. The third kappa shape index (κ3) is 6.95. The lowest BCUT2D eigenvalue weighted by molar-refractivity contribution is 0.551. The number of aromatic nitrogens is 1. The van der Waals surface area contributed by atoms with Crippen LogP contribution in [0.5, 0.6) is 0 Å². The van der Waals surface area contributed by atoms with Gasteiger partial charge in [0.15, 0.2) is 0 Å². The average molecular weight is 846 g/mol. The first-order chi connectivity index (χ1) is 32.5. The predicted octanol–water partition coefficient (Wildman–Crippen LogP) is 17.3. The SMILES string of the molecule is CC1(C)c2ccccc2-c2c(-n3c4ccccc4c4cc(-c5cccc(-c6ccc(C(CC7C=CC(c8ccccc8)=CC7)c7ccc(-c8ccccc8)cc7)cc6)c5)ccc43)cccc21. The first-order valence-electron chi connectivity index (χ1n) is 23.5. The minimum Gasteiger partial charge on any atom is -0.309 e. The van der Waals surface area contributed by atoms with Crippen molar-refractivity contribution in [2.24, 2.45) is 5.92 Å². The van der Waals surface area contributed by atoms with Gasteiger partial charge >= 0.3 is 0 Å². The van der Waals surface area contributed by atoms with E-state index in [2.05, 4.69) is 255 Å². The van der Waals surface area contributed by atoms with Crippen LogP contribution in [0.3, 0.4) is 0 Å². The minimum atomic E-state index is -0.0614. The van der Waals surface area contributed by atoms with Gasteiger partial charge in [-0.3, -0.25) is 0 Å². The summed E-state index contributed by atoms with van der Waals surface area (Å²) in [7, 11) is 0. The van der Waals surface area contributed by atoms with Crippen LogP contribution in [0.4, 0.5) is 0 Å². The lowest BCUT2D eigenvalue weighted by atomic mass is 9.80. The molecule has 0 radical (unpaired) electrons. The summed E-state index contributed by atoms with van der Waals surface area (Å²) in [6.07, 6.45) is 9.29. The van der Waals surface area contributed by atoms with Gasteiger partial charge in [0.2, 0.25) is 0 Å². The number of hydrogen-bond donors (Lipinski definition) is 0. The van der Waals surface area contributed by atoms with Gasteiger partial charge in [-0.15, -0.1) is 0 Å². The molecule has 0 amide bonds. The molecule has 0 spiro atoms. The molecule has 2 atom stereocenters. The highest BCUT2D eigenvalue weighted by Gasteiger charge is 2.37. The van der Waals surface area contributed by atoms with Gasteiger partial charge in [0.1, 0.15) is 0 Å². The van der Waals surface area contributed by atoms with Crippen molar-refractivity contribution < 1.29 is 0 Å². The highest BCUT2D eigenvalue weighted by atomic mass is 15.0. The Balaban J connectivity index is 0.868. The Morgan fingerprint density at radius 3 is 1.74 bits per heavy atom. The van der Waals surface area contributed by atoms with E-state index in [1.165, 1.54) is 105 Å². The van der Waals surface area contributed by atoms with Gasteiger partial charge in [-0.25, -0.2) is 0 Å². The molecule has 1 heterocycles. The molecule has 1 aromatic heterocycles. The summed E-state index contributed by atoms with van der Waals surface area (Å²) >= 11 is 0. The third-order valence-electron chi connectivity index (χ3n) is 14.6. The lowest BCUT2D eigenvalue weighted by Gasteiger charge is -2.25. The summed E-state index contributed by atoms with van der Waals surface area (Å²) in [5, 5.41) is 2.54. The molecule has 66 heavy (non-hydrogen) atoms. The molecule has 1 nitrogen and oxygen atoms in total. The molecular weight excluding hydrogens is 795 g/mol. The van der Waals surface area contributed by atoms with E-state index in [9.17, 15) is 0 Å². The van der Waals surface area contributed by atoms with E-state index in [4.69, 9.17) is 0 Å². The second-order valence-corrected chi connectivity index (χ2v) is 18.8. The van der Waals surface area contributed by atoms with E-state index in [1.807, 2.05) is 0 Å². The smallest absolute Gasteiger partial charge is 0.0543 e. The van der Waals surface area contributed by atoms with E-state index in [0.29, 0.717) is 5.92 Å². The van der Waals surface area contributed by atoms with Crippen LogP contribution in [-0.2, 0) is 5.41 Å². The molecule has 0 fully saturated rings. The van der Waals surface area contributed by atoms with Crippen LogP contribution < -0.4 is 0 Å². The Bertz CT molecular complexity index is 3470. The number of allylic oxidation sites excluding steroid dienone is 4. The normalized spacial score (nSPS) is 15.4. The summed E-state index contributed by atoms with van der Waals surface area (Å²) in [6, 6.07) is 81.0. The van der Waals surface area contributed by atoms with Crippen molar-refractivity contribution in [2.75, 3.05) is 0 Å². The van der Waals surface area contributed by atoms with Gasteiger partial charge in [0.05, 0.1) is 16.7 Å². The number of benzene rings is 9. The van der Waals surface area contributed by atoms with Gasteiger partial charge in [0.25, 0.3) is 0 Å². The molecule has 0 saturated carbocycles. The maximum Gasteiger partial charge on any atom is 0.0543 e. The Labute approximate surface area is 388 Å². The fourth-order valence-corrected chi connectivity index (χ4v) is 11.1. The summed E-state index contributed by atoms with van der Waals surface area (Å²) in [5.74, 6) is 0.722. The van der Waals surface area contributed by atoms with Crippen LogP contribution in [0.25, 0.3) is 77.6 Å². The minimum absolute atomic E-state index is 0.0614. The van der Waals surface area contributed by atoms with Crippen molar-refractivity contribution in [1.82, 2.24) is 4.57 Å². The summed E-state index contributed by atoms with van der Waals surface area (Å²) in [6.45, 7) is 4.72. The molecule has 0 aliphatic heterocycles. The molecular formula is C65H51N. The molecule has 2 aliphatic rings. The monoisotopic (exact) mass is 845 g/mol. The molecule has 2 aliphatic carbocycles. The fourth-order valence-electron chi connectivity index (χ4n) is 11.1. The van der Waals surface area contributed by atoms with E-state index < -0.39 is 0 Å². The second kappa shape index (κ2) is 16.4. The van der Waals surface area contributed by atoms with Crippen molar-refractivity contribution in [3.63, 3.8) is 0 Å². The van der Waals surface area contributed by atoms with Crippen molar-refractivity contribution in [3.05, 3.63) is 264 Å². The van der Waals surface area contributed by atoms with Crippen LogP contribution in [0.2, 0.25) is 0 Å². The van der Waals surface area contributed by atoms with E-state index >= 15 is 0 Å². The summed E-state index contributed by atoms with van der Waals surface area (Å²) < 4.78 is 2.50. The lowest BCUT2D eigenvalue weighted by Crippen LogP contribution is -2.14. The van der Waals surface area contributed by atoms with Gasteiger partial charge in [-0.2, -0.15) is 0 Å². The van der Waals surface area contributed by atoms with Crippen molar-refractivity contribution in [1.29, 1.82) is 0 Å². The van der Waals surface area contributed by atoms with Crippen LogP contribution in [0.1, 0.15) is 60.4 Å². The predicted molar refractivity (Wildman–Crippen MR) is 279 cm³/mol. The van der Waals surface area contributed by atoms with E-state index in [0.717, 1.165) is 12.8 Å². The third-order valence-corrected chi connectivity index (χ3v) is 14.6. The maximum atomic E-state index is 2.50. The van der Waals surface area contributed by atoms with E-state index in [1.54, 1.807) is 0 Å². The Morgan fingerprint density at radius 2 is 1.02 bits per heavy atom. The first kappa shape index (κ1) is 39.8. The van der Waals surface area contributed by atoms with Gasteiger partial charge in [0, 0.05) is 27.7 Å². The highest BCUT2D eigenvalue weighted by molar-refractivity contribution is 6.11. The molecule has 2 unspecified atom stereocenters. The zero-order valence-electron chi connectivity index (χ0n) is 37.5. The fraction of sp³-hybridized carbons (Fsp3) is 0.108. The van der Waals surface area contributed by atoms with Crippen LogP contribution in [-0.4, -0.2) is 4.57 Å². The number of fused-ring (bicyclic) bond motifs is 6. The molecule has 12 rings (SSSR count). The first-order valence-corrected chi connectivity index (χ1v) is 23.5. The Morgan fingerprint density at radius 1 is 0.470 bits per heavy atom. The highest BCUT2D eigenvalue weighted by Crippen LogP contribution is 2.52. The molecule has 0 saturated heterocycles. The zero-order chi connectivity index (χ0) is 44.2. The number of rotatable bonds is 9. The average Bonchev–Trinajstić information content (AvgIpc) is 3.84. The van der Waals surface area contributed by atoms with Gasteiger partial charge in [-0.05, 0) is 121 Å². The Kier molecular flexibility index (Phi) is 9.87. The van der Waals surface area contributed by atoms with Crippen LogP contribution >= 0.6 is 0 Å². The van der Waals surface area contributed by atoms with Crippen molar-refractivity contribution in [3.8, 4) is 50.2 Å². The van der Waals surface area contributed by atoms with Crippen molar-refractivity contribution >= 4 is 27.4 Å². The largest absolute Gasteiger partial charge is 0.309 e. The topological polar surface area (TPSA) is 4.93 Å². The van der Waals surface area contributed by atoms with Gasteiger partial charge in [-0.1, -0.05) is 220 Å². The van der Waals surface area contributed by atoms with Crippen molar-refractivity contribution in [2.45, 2.75) is 38.0 Å². The number of hydrogen-bond acceptors (Lipinski definition) is 0. The summed E-state index contributed by atoms with van der Waals surface area (Å²) in [5.41, 5.74) is 21.8. The maximum absolute atomic E-state index is 2.50. The molecule has 0 N–H and O–H groups in total. The summed E-state index contributed by atoms with van der Waals surface area (Å²) in [4.78, 5) is 0. The Hall–Kier alpha value is -7.74. The van der Waals surface area contributed by atoms with Crippen LogP contribution in [0, 0.1) is 5.92 Å². The molecule has 316 valence electrons. The molecule has 1 heteroatoms. The van der Waals surface area contributed by atoms with Crippen LogP contribution in [0.15, 0.2) is 237 Å².